The number of para-hydroxylation sites is 1. The van der Waals surface area contributed by atoms with E-state index < -0.39 is 5.97 Å². The number of carbonyl (C=O) groups excluding carboxylic acids is 1. The van der Waals surface area contributed by atoms with E-state index in [1.165, 1.54) is 6.07 Å². The summed E-state index contributed by atoms with van der Waals surface area (Å²) in [4.78, 5) is 37.7. The van der Waals surface area contributed by atoms with Gasteiger partial charge in [0.25, 0.3) is 0 Å². The first-order chi connectivity index (χ1) is 16.9. The lowest BCUT2D eigenvalue weighted by molar-refractivity contribution is -0.151. The summed E-state index contributed by atoms with van der Waals surface area (Å²) in [6, 6.07) is 11.7. The van der Waals surface area contributed by atoms with Crippen molar-refractivity contribution in [1.29, 1.82) is 0 Å². The molecule has 9 heteroatoms. The van der Waals surface area contributed by atoms with Crippen LogP contribution in [-0.2, 0) is 14.3 Å². The average molecular weight is 498 g/mol. The van der Waals surface area contributed by atoms with Gasteiger partial charge >= 0.3 is 5.97 Å². The third kappa shape index (κ3) is 4.76. The zero-order valence-corrected chi connectivity index (χ0v) is 19.6. The molecule has 8 nitrogen and oxygen atoms in total. The fourth-order valence-corrected chi connectivity index (χ4v) is 4.68. The number of halogens is 1. The fraction of sp³-hybridized carbons (Fsp3) is 0.346. The SMILES string of the molecule is O=C1CCCN1c1ccc(-c2cc(=O)c3cccc(Cl)c3o2)c(OCCO[C@H]2C[C@H](C(=O)O)C2)c1. The quantitative estimate of drug-likeness (QED) is 0.457. The van der Waals surface area contributed by atoms with Gasteiger partial charge in [-0.3, -0.25) is 14.4 Å². The molecule has 0 unspecified atom stereocenters. The number of rotatable bonds is 8. The summed E-state index contributed by atoms with van der Waals surface area (Å²) >= 11 is 6.28. The van der Waals surface area contributed by atoms with Gasteiger partial charge < -0.3 is 23.9 Å². The van der Waals surface area contributed by atoms with Crippen molar-refractivity contribution in [3.63, 3.8) is 0 Å². The summed E-state index contributed by atoms with van der Waals surface area (Å²) in [6.45, 7) is 1.11. The van der Waals surface area contributed by atoms with Crippen LogP contribution in [0.4, 0.5) is 5.69 Å². The summed E-state index contributed by atoms with van der Waals surface area (Å²) in [5, 5.41) is 9.72. The Bertz CT molecular complexity index is 1350. The van der Waals surface area contributed by atoms with Gasteiger partial charge in [-0.15, -0.1) is 0 Å². The molecule has 1 N–H and O–H groups in total. The van der Waals surface area contributed by atoms with Gasteiger partial charge in [0.15, 0.2) is 11.0 Å². The van der Waals surface area contributed by atoms with Crippen LogP contribution in [0.25, 0.3) is 22.3 Å². The lowest BCUT2D eigenvalue weighted by atomic mass is 9.82. The molecule has 0 atom stereocenters. The van der Waals surface area contributed by atoms with E-state index >= 15 is 0 Å². The van der Waals surface area contributed by atoms with E-state index in [2.05, 4.69) is 0 Å². The third-order valence-electron chi connectivity index (χ3n) is 6.46. The fourth-order valence-electron chi connectivity index (χ4n) is 4.47. The number of amides is 1. The maximum Gasteiger partial charge on any atom is 0.306 e. The van der Waals surface area contributed by atoms with E-state index in [-0.39, 0.29) is 36.6 Å². The van der Waals surface area contributed by atoms with Crippen LogP contribution in [0.15, 0.2) is 51.7 Å². The van der Waals surface area contributed by atoms with E-state index in [1.54, 1.807) is 41.3 Å². The summed E-state index contributed by atoms with van der Waals surface area (Å²) in [5.41, 5.74) is 1.32. The van der Waals surface area contributed by atoms with Crippen molar-refractivity contribution >= 4 is 40.1 Å². The van der Waals surface area contributed by atoms with Crippen LogP contribution in [0.3, 0.4) is 0 Å². The average Bonchev–Trinajstić information content (AvgIpc) is 3.23. The van der Waals surface area contributed by atoms with Crippen molar-refractivity contribution in [3.05, 3.63) is 57.7 Å². The molecule has 2 fully saturated rings. The Balaban J connectivity index is 1.40. The second-order valence-corrected chi connectivity index (χ2v) is 9.18. The molecule has 2 heterocycles. The highest BCUT2D eigenvalue weighted by Gasteiger charge is 2.35. The topological polar surface area (TPSA) is 106 Å². The minimum atomic E-state index is -0.795. The van der Waals surface area contributed by atoms with Crippen molar-refractivity contribution in [2.45, 2.75) is 31.8 Å². The van der Waals surface area contributed by atoms with Crippen LogP contribution >= 0.6 is 11.6 Å². The molecule has 35 heavy (non-hydrogen) atoms. The lowest BCUT2D eigenvalue weighted by Gasteiger charge is -2.32. The first kappa shape index (κ1) is 23.4. The van der Waals surface area contributed by atoms with Crippen molar-refractivity contribution in [1.82, 2.24) is 0 Å². The van der Waals surface area contributed by atoms with Gasteiger partial charge in [-0.1, -0.05) is 17.7 Å². The number of fused-ring (bicyclic) bond motifs is 1. The predicted octanol–water partition coefficient (Wildman–Crippen LogP) is 4.50. The highest BCUT2D eigenvalue weighted by molar-refractivity contribution is 6.34. The maximum atomic E-state index is 12.7. The van der Waals surface area contributed by atoms with Gasteiger partial charge in [0, 0.05) is 30.8 Å². The van der Waals surface area contributed by atoms with E-state index in [1.807, 2.05) is 0 Å². The molecule has 2 aliphatic rings. The summed E-state index contributed by atoms with van der Waals surface area (Å²) in [5.74, 6) is -0.346. The zero-order valence-electron chi connectivity index (χ0n) is 18.9. The van der Waals surface area contributed by atoms with E-state index in [9.17, 15) is 14.4 Å². The Hall–Kier alpha value is -3.36. The second kappa shape index (κ2) is 9.71. The summed E-state index contributed by atoms with van der Waals surface area (Å²) in [6.07, 6.45) is 2.20. The van der Waals surface area contributed by atoms with Gasteiger partial charge in [0.05, 0.1) is 34.6 Å². The van der Waals surface area contributed by atoms with Gasteiger partial charge in [-0.2, -0.15) is 0 Å². The minimum Gasteiger partial charge on any atom is -0.490 e. The molecule has 0 radical (unpaired) electrons. The Morgan fingerprint density at radius 1 is 1.14 bits per heavy atom. The number of carboxylic acid groups (broad SMARTS) is 1. The molecule has 1 saturated heterocycles. The number of anilines is 1. The standard InChI is InChI=1S/C26H24ClNO7/c27-20-4-1-3-18-21(29)14-23(35-25(18)20)19-7-6-16(28-8-2-5-24(28)30)13-22(19)34-10-9-33-17-11-15(12-17)26(31)32/h1,3-4,6-7,13-15,17H,2,5,8-12H2,(H,31,32)/t15-,17-. The van der Waals surface area contributed by atoms with Crippen molar-refractivity contribution in [2.75, 3.05) is 24.7 Å². The molecule has 1 aliphatic heterocycles. The predicted molar refractivity (Wildman–Crippen MR) is 130 cm³/mol. The number of hydrogen-bond donors (Lipinski definition) is 1. The van der Waals surface area contributed by atoms with Crippen LogP contribution in [0.1, 0.15) is 25.7 Å². The zero-order chi connectivity index (χ0) is 24.5. The Kier molecular flexibility index (Phi) is 6.49. The smallest absolute Gasteiger partial charge is 0.306 e. The van der Waals surface area contributed by atoms with E-state index in [0.29, 0.717) is 64.6 Å². The first-order valence-corrected chi connectivity index (χ1v) is 11.9. The normalized spacial score (nSPS) is 19.7. The molecule has 182 valence electrons. The lowest BCUT2D eigenvalue weighted by Crippen LogP contribution is -2.37. The molecule has 2 aromatic carbocycles. The molecule has 3 aromatic rings. The van der Waals surface area contributed by atoms with Gasteiger partial charge in [-0.25, -0.2) is 0 Å². The van der Waals surface area contributed by atoms with Crippen LogP contribution in [0, 0.1) is 5.92 Å². The Labute approximate surface area is 206 Å². The van der Waals surface area contributed by atoms with E-state index in [0.717, 1.165) is 6.42 Å². The molecule has 1 aliphatic carbocycles. The number of ether oxygens (including phenoxy) is 2. The van der Waals surface area contributed by atoms with Crippen molar-refractivity contribution in [3.8, 4) is 17.1 Å². The summed E-state index contributed by atoms with van der Waals surface area (Å²) in [7, 11) is 0. The Morgan fingerprint density at radius 3 is 2.71 bits per heavy atom. The molecular weight excluding hydrogens is 474 g/mol. The van der Waals surface area contributed by atoms with Crippen LogP contribution in [0.2, 0.25) is 5.02 Å². The van der Waals surface area contributed by atoms with Crippen molar-refractivity contribution in [2.24, 2.45) is 5.92 Å². The van der Waals surface area contributed by atoms with Gasteiger partial charge in [-0.05, 0) is 43.5 Å². The van der Waals surface area contributed by atoms with Gasteiger partial charge in [0.2, 0.25) is 5.91 Å². The Morgan fingerprint density at radius 2 is 1.97 bits per heavy atom. The molecule has 5 rings (SSSR count). The molecule has 1 saturated carbocycles. The maximum absolute atomic E-state index is 12.7. The number of aliphatic carboxylic acids is 1. The molecule has 0 bridgehead atoms. The number of nitrogens with zero attached hydrogens (tertiary/aromatic N) is 1. The molecule has 0 spiro atoms. The number of carbonyl (C=O) groups is 2. The first-order valence-electron chi connectivity index (χ1n) is 11.5. The molecule has 1 amide bonds. The monoisotopic (exact) mass is 497 g/mol. The van der Waals surface area contributed by atoms with Crippen LogP contribution < -0.4 is 15.1 Å². The highest BCUT2D eigenvalue weighted by Crippen LogP contribution is 2.37. The van der Waals surface area contributed by atoms with Gasteiger partial charge in [0.1, 0.15) is 18.1 Å². The third-order valence-corrected chi connectivity index (χ3v) is 6.76. The van der Waals surface area contributed by atoms with E-state index in [4.69, 9.17) is 30.6 Å². The summed E-state index contributed by atoms with van der Waals surface area (Å²) < 4.78 is 17.8. The van der Waals surface area contributed by atoms with Crippen LogP contribution in [-0.4, -0.2) is 42.8 Å². The largest absolute Gasteiger partial charge is 0.490 e. The second-order valence-electron chi connectivity index (χ2n) is 8.77. The van der Waals surface area contributed by atoms with Crippen LogP contribution in [0.5, 0.6) is 5.75 Å². The highest BCUT2D eigenvalue weighted by atomic mass is 35.5. The number of benzene rings is 2. The minimum absolute atomic E-state index is 0.0500. The molecule has 1 aromatic heterocycles. The number of carboxylic acids is 1. The molecular formula is C26H24ClNO7. The number of hydrogen-bond acceptors (Lipinski definition) is 6. The van der Waals surface area contributed by atoms with Crippen molar-refractivity contribution < 1.29 is 28.6 Å².